The molecule has 6 nitrogen and oxygen atoms in total. The normalized spacial score (nSPS) is 23.8. The number of likely N-dealkylation sites (N-methyl/N-ethyl adjacent to an activating group) is 1. The smallest absolute Gasteiger partial charge is 0.325 e. The van der Waals surface area contributed by atoms with E-state index < -0.39 is 11.6 Å². The molecule has 1 aromatic carbocycles. The Hall–Kier alpha value is -1.79. The lowest BCUT2D eigenvalue weighted by molar-refractivity contribution is -0.139. The van der Waals surface area contributed by atoms with Gasteiger partial charge in [-0.25, -0.2) is 4.79 Å². The van der Waals surface area contributed by atoms with Crippen molar-refractivity contribution >= 4 is 41.0 Å². The van der Waals surface area contributed by atoms with Gasteiger partial charge in [0.2, 0.25) is 5.91 Å². The first-order valence-corrected chi connectivity index (χ1v) is 9.25. The molecule has 1 heterocycles. The van der Waals surface area contributed by atoms with Crippen LogP contribution in [-0.4, -0.2) is 46.8 Å². The van der Waals surface area contributed by atoms with E-state index in [0.29, 0.717) is 10.0 Å². The average Bonchev–Trinajstić information content (AvgIpc) is 3.39. The van der Waals surface area contributed by atoms with Crippen molar-refractivity contribution in [2.24, 2.45) is 5.92 Å². The number of carbonyl (C=O) groups excluding carboxylic acids is 3. The minimum absolute atomic E-state index is 0.156. The number of hydrogen-bond donors (Lipinski definition) is 1. The van der Waals surface area contributed by atoms with E-state index in [2.05, 4.69) is 5.32 Å². The van der Waals surface area contributed by atoms with Gasteiger partial charge in [-0.3, -0.25) is 14.5 Å². The van der Waals surface area contributed by atoms with E-state index in [1.807, 2.05) is 6.92 Å². The van der Waals surface area contributed by atoms with E-state index in [4.69, 9.17) is 23.2 Å². The van der Waals surface area contributed by atoms with Gasteiger partial charge >= 0.3 is 6.03 Å². The third-order valence-corrected chi connectivity index (χ3v) is 5.94. The second-order valence-corrected chi connectivity index (χ2v) is 7.99. The van der Waals surface area contributed by atoms with Gasteiger partial charge in [0.15, 0.2) is 0 Å². The summed E-state index contributed by atoms with van der Waals surface area (Å²) in [5, 5.41) is 3.72. The Morgan fingerprint density at radius 2 is 2.04 bits per heavy atom. The fourth-order valence-corrected chi connectivity index (χ4v) is 3.87. The first-order valence-electron chi connectivity index (χ1n) is 8.50. The Morgan fingerprint density at radius 3 is 2.62 bits per heavy atom. The van der Waals surface area contributed by atoms with Gasteiger partial charge in [-0.05, 0) is 50.3 Å². The van der Waals surface area contributed by atoms with Gasteiger partial charge in [-0.15, -0.1) is 0 Å². The van der Waals surface area contributed by atoms with Gasteiger partial charge in [0.1, 0.15) is 12.1 Å². The van der Waals surface area contributed by atoms with Crippen molar-refractivity contribution in [3.63, 3.8) is 0 Å². The number of nitrogens with zero attached hydrogens (tertiary/aromatic N) is 2. The molecular formula is C18H21Cl2N3O3. The van der Waals surface area contributed by atoms with E-state index >= 15 is 0 Å². The van der Waals surface area contributed by atoms with E-state index in [1.165, 1.54) is 4.90 Å². The molecule has 3 rings (SSSR count). The maximum Gasteiger partial charge on any atom is 0.325 e. The summed E-state index contributed by atoms with van der Waals surface area (Å²) in [6, 6.07) is 4.24. The molecule has 0 aromatic heterocycles. The maximum absolute atomic E-state index is 12.7. The summed E-state index contributed by atoms with van der Waals surface area (Å²) in [5.74, 6) is -0.514. The third-order valence-electron chi connectivity index (χ3n) is 5.38. The van der Waals surface area contributed by atoms with Crippen LogP contribution in [0.1, 0.15) is 38.3 Å². The number of imide groups is 1. The summed E-state index contributed by atoms with van der Waals surface area (Å²) in [7, 11) is 1.62. The first kappa shape index (κ1) is 19.0. The topological polar surface area (TPSA) is 69.7 Å². The lowest BCUT2D eigenvalue weighted by atomic mass is 9.96. The predicted molar refractivity (Wildman–Crippen MR) is 99.0 cm³/mol. The quantitative estimate of drug-likeness (QED) is 0.775. The Bertz CT molecular complexity index is 781. The Morgan fingerprint density at radius 1 is 1.38 bits per heavy atom. The molecule has 140 valence electrons. The van der Waals surface area contributed by atoms with Crippen molar-refractivity contribution in [3.8, 4) is 0 Å². The van der Waals surface area contributed by atoms with Crippen LogP contribution in [0.25, 0.3) is 0 Å². The molecule has 2 fully saturated rings. The summed E-state index contributed by atoms with van der Waals surface area (Å²) in [6.45, 7) is 3.27. The predicted octanol–water partition coefficient (Wildman–Crippen LogP) is 3.23. The van der Waals surface area contributed by atoms with Crippen LogP contribution in [0.2, 0.25) is 10.0 Å². The molecule has 0 spiro atoms. The third kappa shape index (κ3) is 3.28. The van der Waals surface area contributed by atoms with Crippen LogP contribution in [-0.2, 0) is 9.59 Å². The molecular weight excluding hydrogens is 377 g/mol. The number of urea groups is 1. The van der Waals surface area contributed by atoms with E-state index in [9.17, 15) is 14.4 Å². The number of halogens is 2. The van der Waals surface area contributed by atoms with Gasteiger partial charge in [0.25, 0.3) is 5.91 Å². The number of amides is 4. The molecule has 0 radical (unpaired) electrons. The molecule has 4 amide bonds. The second kappa shape index (κ2) is 6.74. The van der Waals surface area contributed by atoms with Crippen molar-refractivity contribution in [3.05, 3.63) is 33.8 Å². The van der Waals surface area contributed by atoms with E-state index in [-0.39, 0.29) is 30.3 Å². The van der Waals surface area contributed by atoms with E-state index in [1.54, 1.807) is 32.2 Å². The highest BCUT2D eigenvalue weighted by Gasteiger charge is 2.56. The van der Waals surface area contributed by atoms with Crippen molar-refractivity contribution in [1.29, 1.82) is 0 Å². The number of rotatable bonds is 5. The number of hydrogen-bond acceptors (Lipinski definition) is 3. The standard InChI is InChI=1S/C18H21Cl2N3O3/c1-10(13-7-6-12(19)8-14(13)20)22(3)15(24)9-23-16(25)18(2,11-4-5-11)21-17(23)26/h6-8,10-11H,4-5,9H2,1-3H3,(H,21,26). The Kier molecular flexibility index (Phi) is 4.92. The van der Waals surface area contributed by atoms with Crippen LogP contribution in [0.3, 0.4) is 0 Å². The zero-order chi connectivity index (χ0) is 19.2. The van der Waals surface area contributed by atoms with E-state index in [0.717, 1.165) is 23.3 Å². The van der Waals surface area contributed by atoms with Crippen LogP contribution in [0.15, 0.2) is 18.2 Å². The largest absolute Gasteiger partial charge is 0.337 e. The van der Waals surface area contributed by atoms with Crippen LogP contribution in [0.4, 0.5) is 4.79 Å². The second-order valence-electron chi connectivity index (χ2n) is 7.14. The highest BCUT2D eigenvalue weighted by molar-refractivity contribution is 6.35. The minimum atomic E-state index is -0.888. The van der Waals surface area contributed by atoms with Crippen molar-refractivity contribution in [2.45, 2.75) is 38.3 Å². The fourth-order valence-electron chi connectivity index (χ4n) is 3.31. The molecule has 2 atom stereocenters. The molecule has 1 aliphatic heterocycles. The number of benzene rings is 1. The average molecular weight is 398 g/mol. The molecule has 0 bridgehead atoms. The van der Waals surface area contributed by atoms with Gasteiger partial charge < -0.3 is 10.2 Å². The maximum atomic E-state index is 12.7. The summed E-state index contributed by atoms with van der Waals surface area (Å²) in [6.07, 6.45) is 1.83. The zero-order valence-electron chi connectivity index (χ0n) is 14.9. The Balaban J connectivity index is 1.71. The van der Waals surface area contributed by atoms with Gasteiger partial charge in [0, 0.05) is 17.1 Å². The monoisotopic (exact) mass is 397 g/mol. The van der Waals surface area contributed by atoms with Gasteiger partial charge in [0.05, 0.1) is 6.04 Å². The summed E-state index contributed by atoms with van der Waals surface area (Å²) in [5.41, 5.74) is -0.145. The highest BCUT2D eigenvalue weighted by atomic mass is 35.5. The van der Waals surface area contributed by atoms with Crippen molar-refractivity contribution < 1.29 is 14.4 Å². The fraction of sp³-hybridized carbons (Fsp3) is 0.500. The Labute approximate surface area is 162 Å². The number of nitrogens with one attached hydrogen (secondary N) is 1. The van der Waals surface area contributed by atoms with Crippen LogP contribution < -0.4 is 5.32 Å². The lowest BCUT2D eigenvalue weighted by Crippen LogP contribution is -2.47. The minimum Gasteiger partial charge on any atom is -0.337 e. The lowest BCUT2D eigenvalue weighted by Gasteiger charge is -2.28. The van der Waals surface area contributed by atoms with Crippen molar-refractivity contribution in [1.82, 2.24) is 15.1 Å². The first-order chi connectivity index (χ1) is 12.1. The molecule has 26 heavy (non-hydrogen) atoms. The zero-order valence-corrected chi connectivity index (χ0v) is 16.4. The van der Waals surface area contributed by atoms with Crippen molar-refractivity contribution in [2.75, 3.05) is 13.6 Å². The summed E-state index contributed by atoms with van der Waals surface area (Å²) >= 11 is 12.1. The van der Waals surface area contributed by atoms with Gasteiger partial charge in [-0.1, -0.05) is 29.3 Å². The summed E-state index contributed by atoms with van der Waals surface area (Å²) < 4.78 is 0. The molecule has 8 heteroatoms. The molecule has 1 saturated carbocycles. The molecule has 1 aromatic rings. The van der Waals surface area contributed by atoms with Crippen LogP contribution in [0.5, 0.6) is 0 Å². The SMILES string of the molecule is CC(c1ccc(Cl)cc1Cl)N(C)C(=O)CN1C(=O)NC(C)(C2CC2)C1=O. The van der Waals surface area contributed by atoms with Crippen LogP contribution >= 0.6 is 23.2 Å². The molecule has 2 aliphatic rings. The molecule has 1 saturated heterocycles. The molecule has 1 N–H and O–H groups in total. The molecule has 1 aliphatic carbocycles. The summed E-state index contributed by atoms with van der Waals surface area (Å²) in [4.78, 5) is 40.0. The highest BCUT2D eigenvalue weighted by Crippen LogP contribution is 2.42. The number of carbonyl (C=O) groups is 3. The molecule has 2 unspecified atom stereocenters. The van der Waals surface area contributed by atoms with Gasteiger partial charge in [-0.2, -0.15) is 0 Å². The van der Waals surface area contributed by atoms with Crippen LogP contribution in [0, 0.1) is 5.92 Å².